The van der Waals surface area contributed by atoms with Crippen molar-refractivity contribution in [3.05, 3.63) is 48.6 Å². The molecule has 6 heteroatoms. The summed E-state index contributed by atoms with van der Waals surface area (Å²) in [6.45, 7) is 4.81. The fourth-order valence-electron chi connectivity index (χ4n) is 8.78. The molecule has 0 saturated heterocycles. The second-order valence-electron chi connectivity index (χ2n) is 20.0. The normalized spacial score (nSPS) is 13.0. The average Bonchev–Trinajstić information content (AvgIpc) is 3.33. The minimum atomic E-state index is -0.857. The van der Waals surface area contributed by atoms with E-state index in [0.717, 1.165) is 83.5 Å². The number of aliphatic hydroxyl groups is 2. The number of aliphatic hydroxyl groups excluding tert-OH is 2. The molecule has 2 atom stereocenters. The quantitative estimate of drug-likeness (QED) is 0.0321. The van der Waals surface area contributed by atoms with Crippen molar-refractivity contribution in [3.8, 4) is 0 Å². The maximum Gasteiger partial charge on any atom is 0.305 e. The summed E-state index contributed by atoms with van der Waals surface area (Å²) < 4.78 is 5.44. The molecular weight excluding hydrogens is 827 g/mol. The first-order valence-corrected chi connectivity index (χ1v) is 29.4. The molecule has 1 amide bonds. The topological polar surface area (TPSA) is 95.9 Å². The van der Waals surface area contributed by atoms with Gasteiger partial charge in [0.05, 0.1) is 25.4 Å². The van der Waals surface area contributed by atoms with E-state index in [1.54, 1.807) is 6.08 Å². The van der Waals surface area contributed by atoms with Crippen LogP contribution in [0.1, 0.15) is 303 Å². The average molecular weight is 941 g/mol. The Bertz CT molecular complexity index is 1130. The van der Waals surface area contributed by atoms with Crippen LogP contribution in [0, 0.1) is 0 Å². The lowest BCUT2D eigenvalue weighted by Crippen LogP contribution is -2.45. The third kappa shape index (κ3) is 53.0. The second-order valence-corrected chi connectivity index (χ2v) is 20.0. The molecule has 0 aliphatic rings. The van der Waals surface area contributed by atoms with Crippen LogP contribution in [0.25, 0.3) is 0 Å². The zero-order valence-corrected chi connectivity index (χ0v) is 44.6. The van der Waals surface area contributed by atoms with Crippen LogP contribution in [0.5, 0.6) is 0 Å². The maximum absolute atomic E-state index is 12.5. The first-order chi connectivity index (χ1) is 33.0. The van der Waals surface area contributed by atoms with Crippen molar-refractivity contribution in [2.75, 3.05) is 13.2 Å². The van der Waals surface area contributed by atoms with Crippen LogP contribution >= 0.6 is 0 Å². The Kier molecular flexibility index (Phi) is 54.6. The molecule has 0 aliphatic heterocycles. The van der Waals surface area contributed by atoms with E-state index < -0.39 is 12.1 Å². The van der Waals surface area contributed by atoms with Crippen molar-refractivity contribution >= 4 is 11.9 Å². The minimum Gasteiger partial charge on any atom is -0.466 e. The van der Waals surface area contributed by atoms with Crippen LogP contribution in [-0.2, 0) is 14.3 Å². The summed E-state index contributed by atoms with van der Waals surface area (Å²) in [7, 11) is 0. The van der Waals surface area contributed by atoms with E-state index in [9.17, 15) is 19.8 Å². The summed E-state index contributed by atoms with van der Waals surface area (Å²) in [6, 6.07) is -0.642. The molecule has 0 aromatic carbocycles. The number of rotatable bonds is 54. The number of hydrogen-bond donors (Lipinski definition) is 3. The van der Waals surface area contributed by atoms with Crippen LogP contribution in [0.15, 0.2) is 48.6 Å². The molecular formula is C61H113NO5. The van der Waals surface area contributed by atoms with Crippen LogP contribution in [0.4, 0.5) is 0 Å². The molecule has 2 unspecified atom stereocenters. The van der Waals surface area contributed by atoms with Crippen molar-refractivity contribution < 1.29 is 24.5 Å². The Morgan fingerprint density at radius 2 is 0.776 bits per heavy atom. The number of ether oxygens (including phenoxy) is 1. The number of amides is 1. The molecule has 67 heavy (non-hydrogen) atoms. The number of allylic oxidation sites excluding steroid dienone is 7. The largest absolute Gasteiger partial charge is 0.466 e. The smallest absolute Gasteiger partial charge is 0.305 e. The molecule has 0 aliphatic carbocycles. The van der Waals surface area contributed by atoms with E-state index >= 15 is 0 Å². The highest BCUT2D eigenvalue weighted by Crippen LogP contribution is 2.16. The van der Waals surface area contributed by atoms with Crippen molar-refractivity contribution in [1.82, 2.24) is 5.32 Å². The number of nitrogens with one attached hydrogen (secondary N) is 1. The van der Waals surface area contributed by atoms with Crippen molar-refractivity contribution in [3.63, 3.8) is 0 Å². The summed E-state index contributed by atoms with van der Waals surface area (Å²) in [5, 5.41) is 23.2. The van der Waals surface area contributed by atoms with Gasteiger partial charge in [-0.1, -0.05) is 255 Å². The van der Waals surface area contributed by atoms with Gasteiger partial charge in [-0.2, -0.15) is 0 Å². The highest BCUT2D eigenvalue weighted by molar-refractivity contribution is 5.76. The summed E-state index contributed by atoms with van der Waals surface area (Å²) in [5.41, 5.74) is 0. The maximum atomic E-state index is 12.5. The Morgan fingerprint density at radius 1 is 0.418 bits per heavy atom. The zero-order chi connectivity index (χ0) is 48.6. The van der Waals surface area contributed by atoms with E-state index in [2.05, 4.69) is 55.6 Å². The molecule has 0 rings (SSSR count). The molecule has 6 nitrogen and oxygen atoms in total. The van der Waals surface area contributed by atoms with Crippen molar-refractivity contribution in [1.29, 1.82) is 0 Å². The summed E-state index contributed by atoms with van der Waals surface area (Å²) in [6.07, 6.45) is 71.3. The van der Waals surface area contributed by atoms with Crippen molar-refractivity contribution in [2.24, 2.45) is 0 Å². The van der Waals surface area contributed by atoms with E-state index in [0.29, 0.717) is 19.4 Å². The van der Waals surface area contributed by atoms with Crippen LogP contribution < -0.4 is 5.32 Å². The molecule has 0 aromatic heterocycles. The standard InChI is InChI=1S/C61H113NO5/c1-3-5-7-9-11-13-15-17-18-19-20-21-22-23-24-26-30-33-37-41-45-49-53-59(64)58(57-63)62-60(65)54-50-46-42-38-34-31-27-25-28-32-36-40-44-48-52-56-67-61(66)55-51-47-43-39-35-29-16-14-12-10-8-6-4-2/h8,10,14,16,28,32,49,53,58-59,63-64H,3-7,9,11-13,15,17-27,29-31,33-48,50-52,54-57H2,1-2H3,(H,62,65)/b10-8-,16-14-,32-28-,53-49+. The fourth-order valence-corrected chi connectivity index (χ4v) is 8.78. The predicted octanol–water partition coefficient (Wildman–Crippen LogP) is 18.2. The first-order valence-electron chi connectivity index (χ1n) is 29.4. The number of carbonyl (C=O) groups excluding carboxylic acids is 2. The Labute approximate surface area is 416 Å². The molecule has 0 fully saturated rings. The second kappa shape index (κ2) is 56.4. The van der Waals surface area contributed by atoms with Gasteiger partial charge in [-0.05, 0) is 83.5 Å². The molecule has 0 heterocycles. The summed E-state index contributed by atoms with van der Waals surface area (Å²) in [5.74, 6) is -0.109. The van der Waals surface area contributed by atoms with Crippen molar-refractivity contribution in [2.45, 2.75) is 315 Å². The van der Waals surface area contributed by atoms with Gasteiger partial charge in [0.25, 0.3) is 0 Å². The van der Waals surface area contributed by atoms with Gasteiger partial charge in [-0.25, -0.2) is 0 Å². The monoisotopic (exact) mass is 940 g/mol. The van der Waals surface area contributed by atoms with Gasteiger partial charge in [-0.15, -0.1) is 0 Å². The lowest BCUT2D eigenvalue weighted by Gasteiger charge is -2.20. The van der Waals surface area contributed by atoms with E-state index in [-0.39, 0.29) is 18.5 Å². The van der Waals surface area contributed by atoms with Crippen LogP contribution in [0.3, 0.4) is 0 Å². The molecule has 0 aromatic rings. The highest BCUT2D eigenvalue weighted by atomic mass is 16.5. The molecule has 0 bridgehead atoms. The number of esters is 1. The zero-order valence-electron chi connectivity index (χ0n) is 44.6. The minimum absolute atomic E-state index is 0.0268. The Morgan fingerprint density at radius 3 is 1.21 bits per heavy atom. The lowest BCUT2D eigenvalue weighted by molar-refractivity contribution is -0.143. The molecule has 3 N–H and O–H groups in total. The van der Waals surface area contributed by atoms with E-state index in [1.165, 1.54) is 193 Å². The number of hydrogen-bond acceptors (Lipinski definition) is 5. The van der Waals surface area contributed by atoms with Crippen LogP contribution in [-0.4, -0.2) is 47.4 Å². The van der Waals surface area contributed by atoms with Gasteiger partial charge in [-0.3, -0.25) is 9.59 Å². The third-order valence-corrected chi connectivity index (χ3v) is 13.3. The van der Waals surface area contributed by atoms with Gasteiger partial charge >= 0.3 is 5.97 Å². The van der Waals surface area contributed by atoms with Crippen LogP contribution in [0.2, 0.25) is 0 Å². The lowest BCUT2D eigenvalue weighted by atomic mass is 10.0. The number of carbonyl (C=O) groups is 2. The third-order valence-electron chi connectivity index (χ3n) is 13.3. The first kappa shape index (κ1) is 64.8. The number of unbranched alkanes of at least 4 members (excludes halogenated alkanes) is 37. The molecule has 0 radical (unpaired) electrons. The highest BCUT2D eigenvalue weighted by Gasteiger charge is 2.18. The summed E-state index contributed by atoms with van der Waals surface area (Å²) >= 11 is 0. The molecule has 0 saturated carbocycles. The van der Waals surface area contributed by atoms with Gasteiger partial charge in [0, 0.05) is 12.8 Å². The fraction of sp³-hybridized carbons (Fsp3) is 0.836. The van der Waals surface area contributed by atoms with E-state index in [1.807, 2.05) is 6.08 Å². The summed E-state index contributed by atoms with van der Waals surface area (Å²) in [4.78, 5) is 24.5. The Hall–Kier alpha value is -2.18. The molecule has 392 valence electrons. The van der Waals surface area contributed by atoms with Gasteiger partial charge < -0.3 is 20.3 Å². The Balaban J connectivity index is 3.52. The predicted molar refractivity (Wildman–Crippen MR) is 292 cm³/mol. The molecule has 0 spiro atoms. The van der Waals surface area contributed by atoms with E-state index in [4.69, 9.17) is 4.74 Å². The van der Waals surface area contributed by atoms with Gasteiger partial charge in [0.1, 0.15) is 0 Å². The van der Waals surface area contributed by atoms with Gasteiger partial charge in [0.2, 0.25) is 5.91 Å². The SMILES string of the molecule is CCC/C=C\C/C=C\CCCCCCCC(=O)OCCCCCC/C=C\CCCCCCCCCC(=O)NC(CO)C(O)/C=C/CCCCCCCCCCCCCCCCCCCCCC. The van der Waals surface area contributed by atoms with Gasteiger partial charge in [0.15, 0.2) is 0 Å².